The van der Waals surface area contributed by atoms with Gasteiger partial charge in [-0.3, -0.25) is 0 Å². The van der Waals surface area contributed by atoms with Crippen LogP contribution in [-0.4, -0.2) is 6.54 Å². The first-order valence-corrected chi connectivity index (χ1v) is 4.59. The number of nitrogens with zero attached hydrogens (tertiary/aromatic N) is 1. The van der Waals surface area contributed by atoms with Gasteiger partial charge in [-0.05, 0) is 25.3 Å². The average molecular weight is 160 g/mol. The second-order valence-electron chi connectivity index (χ2n) is 3.47. The Labute approximate surface area is 73.8 Å². The highest BCUT2D eigenvalue weighted by atomic mass is 14.9. The maximum Gasteiger partial charge on any atom is 0.0496 e. The highest BCUT2D eigenvalue weighted by Gasteiger charge is 2.16. The van der Waals surface area contributed by atoms with Crippen LogP contribution in [0.5, 0.6) is 0 Å². The van der Waals surface area contributed by atoms with Crippen molar-refractivity contribution in [3.63, 3.8) is 0 Å². The van der Waals surface area contributed by atoms with Gasteiger partial charge in [0.25, 0.3) is 0 Å². The van der Waals surface area contributed by atoms with Crippen LogP contribution in [0.1, 0.15) is 30.0 Å². The molecule has 1 nitrogen and oxygen atoms in total. The summed E-state index contributed by atoms with van der Waals surface area (Å²) >= 11 is 0. The summed E-state index contributed by atoms with van der Waals surface area (Å²) in [5, 5.41) is 4.54. The first-order chi connectivity index (χ1) is 5.86. The van der Waals surface area contributed by atoms with Crippen LogP contribution in [0, 0.1) is 6.92 Å². The van der Waals surface area contributed by atoms with E-state index in [9.17, 15) is 0 Å². The minimum Gasteiger partial charge on any atom is -0.234 e. The summed E-state index contributed by atoms with van der Waals surface area (Å²) in [6.07, 6.45) is 2.50. The summed E-state index contributed by atoms with van der Waals surface area (Å²) in [7, 11) is 0. The van der Waals surface area contributed by atoms with E-state index in [-0.39, 0.29) is 0 Å². The lowest BCUT2D eigenvalue weighted by Gasteiger charge is -2.08. The van der Waals surface area contributed by atoms with Crippen LogP contribution < -0.4 is 5.32 Å². The summed E-state index contributed by atoms with van der Waals surface area (Å²) in [5.74, 6) is 0. The molecule has 0 spiro atoms. The Balaban J connectivity index is 2.17. The van der Waals surface area contributed by atoms with Crippen molar-refractivity contribution in [2.24, 2.45) is 0 Å². The van der Waals surface area contributed by atoms with Crippen molar-refractivity contribution in [1.29, 1.82) is 0 Å². The largest absolute Gasteiger partial charge is 0.234 e. The highest BCUT2D eigenvalue weighted by Crippen LogP contribution is 2.24. The van der Waals surface area contributed by atoms with Gasteiger partial charge in [0.15, 0.2) is 0 Å². The number of benzene rings is 1. The van der Waals surface area contributed by atoms with E-state index in [4.69, 9.17) is 0 Å². The van der Waals surface area contributed by atoms with Gasteiger partial charge in [0.05, 0.1) is 0 Å². The highest BCUT2D eigenvalue weighted by molar-refractivity contribution is 5.24. The second-order valence-corrected chi connectivity index (χ2v) is 3.47. The fourth-order valence-corrected chi connectivity index (χ4v) is 1.68. The Morgan fingerprint density at radius 3 is 2.58 bits per heavy atom. The second kappa shape index (κ2) is 3.28. The summed E-state index contributed by atoms with van der Waals surface area (Å²) in [4.78, 5) is 0. The molecule has 0 aliphatic carbocycles. The van der Waals surface area contributed by atoms with Gasteiger partial charge in [-0.1, -0.05) is 29.8 Å². The zero-order valence-corrected chi connectivity index (χ0v) is 7.46. The molecule has 1 aliphatic rings. The molecule has 1 aromatic carbocycles. The van der Waals surface area contributed by atoms with Gasteiger partial charge in [0.2, 0.25) is 0 Å². The van der Waals surface area contributed by atoms with E-state index in [0.29, 0.717) is 6.04 Å². The van der Waals surface area contributed by atoms with Crippen molar-refractivity contribution in [1.82, 2.24) is 5.32 Å². The third-order valence-corrected chi connectivity index (χ3v) is 2.45. The summed E-state index contributed by atoms with van der Waals surface area (Å²) < 4.78 is 0. The molecule has 0 bridgehead atoms. The molecule has 2 rings (SSSR count). The van der Waals surface area contributed by atoms with Gasteiger partial charge in [-0.25, -0.2) is 5.32 Å². The summed E-state index contributed by atoms with van der Waals surface area (Å²) in [5.41, 5.74) is 2.72. The summed E-state index contributed by atoms with van der Waals surface area (Å²) in [6, 6.07) is 9.24. The fourth-order valence-electron chi connectivity index (χ4n) is 1.68. The van der Waals surface area contributed by atoms with Gasteiger partial charge in [0.1, 0.15) is 0 Å². The Morgan fingerprint density at radius 2 is 2.00 bits per heavy atom. The topological polar surface area (TPSA) is 14.1 Å². The van der Waals surface area contributed by atoms with Gasteiger partial charge in [0, 0.05) is 12.6 Å². The van der Waals surface area contributed by atoms with E-state index in [2.05, 4.69) is 36.5 Å². The molecule has 0 amide bonds. The first kappa shape index (κ1) is 7.81. The molecule has 1 radical (unpaired) electrons. The molecule has 1 unspecified atom stereocenters. The first-order valence-electron chi connectivity index (χ1n) is 4.59. The minimum absolute atomic E-state index is 0.491. The molecular weight excluding hydrogens is 146 g/mol. The van der Waals surface area contributed by atoms with Gasteiger partial charge < -0.3 is 0 Å². The van der Waals surface area contributed by atoms with Crippen LogP contribution in [0.2, 0.25) is 0 Å². The van der Waals surface area contributed by atoms with Crippen molar-refractivity contribution in [2.75, 3.05) is 6.54 Å². The quantitative estimate of drug-likeness (QED) is 0.599. The molecule has 1 aromatic rings. The van der Waals surface area contributed by atoms with E-state index in [1.54, 1.807) is 0 Å². The standard InChI is InChI=1S/C11H14N/c1-9-4-6-10(7-5-9)11-3-2-8-12-11/h4-7,11H,2-3,8H2,1H3. The van der Waals surface area contributed by atoms with Gasteiger partial charge in [-0.2, -0.15) is 0 Å². The zero-order valence-electron chi connectivity index (χ0n) is 7.46. The number of aryl methyl sites for hydroxylation is 1. The molecule has 0 N–H and O–H groups in total. The molecule has 0 aromatic heterocycles. The van der Waals surface area contributed by atoms with Gasteiger partial charge >= 0.3 is 0 Å². The lowest BCUT2D eigenvalue weighted by atomic mass is 10.0. The average Bonchev–Trinajstić information content (AvgIpc) is 2.58. The normalized spacial score (nSPS) is 22.9. The molecule has 63 valence electrons. The molecule has 1 heterocycles. The van der Waals surface area contributed by atoms with Crippen molar-refractivity contribution in [3.8, 4) is 0 Å². The minimum atomic E-state index is 0.491. The molecule has 1 saturated heterocycles. The lowest BCUT2D eigenvalue weighted by Crippen LogP contribution is -2.04. The van der Waals surface area contributed by atoms with Crippen molar-refractivity contribution < 1.29 is 0 Å². The van der Waals surface area contributed by atoms with Crippen LogP contribution in [0.3, 0.4) is 0 Å². The van der Waals surface area contributed by atoms with Gasteiger partial charge in [-0.15, -0.1) is 0 Å². The Hall–Kier alpha value is -0.820. The number of hydrogen-bond acceptors (Lipinski definition) is 0. The molecule has 0 saturated carbocycles. The molecular formula is C11H14N. The lowest BCUT2D eigenvalue weighted by molar-refractivity contribution is 0.635. The van der Waals surface area contributed by atoms with Crippen LogP contribution in [0.25, 0.3) is 0 Å². The molecule has 1 aliphatic heterocycles. The maximum absolute atomic E-state index is 4.54. The third-order valence-electron chi connectivity index (χ3n) is 2.45. The van der Waals surface area contributed by atoms with E-state index in [1.165, 1.54) is 24.0 Å². The van der Waals surface area contributed by atoms with E-state index in [0.717, 1.165) is 6.54 Å². The Morgan fingerprint density at radius 1 is 1.25 bits per heavy atom. The Bertz CT molecular complexity index is 244. The smallest absolute Gasteiger partial charge is 0.0496 e. The molecule has 1 fully saturated rings. The summed E-state index contributed by atoms with van der Waals surface area (Å²) in [6.45, 7) is 3.17. The predicted octanol–water partition coefficient (Wildman–Crippen LogP) is 2.43. The van der Waals surface area contributed by atoms with Crippen LogP contribution in [-0.2, 0) is 0 Å². The van der Waals surface area contributed by atoms with Crippen LogP contribution in [0.15, 0.2) is 24.3 Å². The SMILES string of the molecule is Cc1ccc(C2CCC[N]2)cc1. The zero-order chi connectivity index (χ0) is 8.39. The third kappa shape index (κ3) is 1.51. The van der Waals surface area contributed by atoms with E-state index >= 15 is 0 Å². The number of rotatable bonds is 1. The maximum atomic E-state index is 4.54. The van der Waals surface area contributed by atoms with Crippen LogP contribution in [0.4, 0.5) is 0 Å². The predicted molar refractivity (Wildman–Crippen MR) is 50.2 cm³/mol. The monoisotopic (exact) mass is 160 g/mol. The van der Waals surface area contributed by atoms with Crippen LogP contribution >= 0.6 is 0 Å². The van der Waals surface area contributed by atoms with E-state index < -0.39 is 0 Å². The fraction of sp³-hybridized carbons (Fsp3) is 0.455. The number of hydrogen-bond donors (Lipinski definition) is 0. The van der Waals surface area contributed by atoms with E-state index in [1.807, 2.05) is 0 Å². The molecule has 12 heavy (non-hydrogen) atoms. The van der Waals surface area contributed by atoms with Crippen molar-refractivity contribution >= 4 is 0 Å². The molecule has 1 atom stereocenters. The molecule has 1 heteroatoms. The van der Waals surface area contributed by atoms with Crippen molar-refractivity contribution in [2.45, 2.75) is 25.8 Å². The van der Waals surface area contributed by atoms with Crippen molar-refractivity contribution in [3.05, 3.63) is 35.4 Å². The Kier molecular flexibility index (Phi) is 2.13.